The quantitative estimate of drug-likeness (QED) is 0.527. The van der Waals surface area contributed by atoms with Gasteiger partial charge in [-0.25, -0.2) is 0 Å². The molecule has 0 saturated heterocycles. The summed E-state index contributed by atoms with van der Waals surface area (Å²) in [7, 11) is 0. The van der Waals surface area contributed by atoms with Crippen LogP contribution in [0.2, 0.25) is 0 Å². The van der Waals surface area contributed by atoms with Crippen LogP contribution in [0, 0.1) is 0 Å². The third-order valence-corrected chi connectivity index (χ3v) is 1.19. The highest BCUT2D eigenvalue weighted by atomic mass is 35.5. The van der Waals surface area contributed by atoms with Crippen molar-refractivity contribution < 1.29 is 1.43 Å². The van der Waals surface area contributed by atoms with E-state index in [1.807, 2.05) is 12.1 Å². The van der Waals surface area contributed by atoms with Crippen LogP contribution in [0.15, 0.2) is 24.5 Å². The predicted molar refractivity (Wildman–Crippen MR) is 34.9 cm³/mol. The zero-order valence-electron chi connectivity index (χ0n) is 5.34. The van der Waals surface area contributed by atoms with Crippen molar-refractivity contribution in [2.45, 2.75) is 5.88 Å². The van der Waals surface area contributed by atoms with Crippen LogP contribution in [-0.2, 0) is 5.88 Å². The Balaban J connectivity index is 0.000000640. The molecule has 0 radical (unpaired) electrons. The lowest BCUT2D eigenvalue weighted by Gasteiger charge is -1.87. The van der Waals surface area contributed by atoms with Gasteiger partial charge in [0.2, 0.25) is 0 Å². The number of rotatable bonds is 1. The van der Waals surface area contributed by atoms with Crippen LogP contribution < -0.4 is 0 Å². The maximum atomic E-state index is 5.49. The molecule has 0 saturated carbocycles. The molecular weight excluding hydrogens is 122 g/mol. The number of halogens is 1. The van der Waals surface area contributed by atoms with Crippen molar-refractivity contribution in [1.82, 2.24) is 4.98 Å². The normalized spacial score (nSPS) is 9.12. The van der Waals surface area contributed by atoms with Gasteiger partial charge in [0.05, 0.1) is 0 Å². The summed E-state index contributed by atoms with van der Waals surface area (Å²) in [6.45, 7) is 0. The SMILES string of the molecule is ClCc1cccnc1.[H+]. The molecule has 1 aromatic heterocycles. The van der Waals surface area contributed by atoms with E-state index >= 15 is 0 Å². The monoisotopic (exact) mass is 128 g/mol. The predicted octanol–water partition coefficient (Wildman–Crippen LogP) is 1.93. The van der Waals surface area contributed by atoms with E-state index < -0.39 is 0 Å². The molecular formula is C6H7ClN+. The summed E-state index contributed by atoms with van der Waals surface area (Å²) >= 11 is 5.49. The van der Waals surface area contributed by atoms with Crippen LogP contribution in [0.5, 0.6) is 0 Å². The summed E-state index contributed by atoms with van der Waals surface area (Å²) in [5.41, 5.74) is 1.06. The van der Waals surface area contributed by atoms with Gasteiger partial charge >= 0.3 is 1.43 Å². The Labute approximate surface area is 54.8 Å². The number of aromatic nitrogens is 1. The van der Waals surface area contributed by atoms with Gasteiger partial charge in [0.15, 0.2) is 0 Å². The van der Waals surface area contributed by atoms with Gasteiger partial charge in [0, 0.05) is 18.3 Å². The minimum atomic E-state index is 0. The lowest BCUT2D eigenvalue weighted by Crippen LogP contribution is -1.75. The molecule has 2 heteroatoms. The minimum absolute atomic E-state index is 0. The molecule has 1 aromatic rings. The van der Waals surface area contributed by atoms with Crippen molar-refractivity contribution in [2.75, 3.05) is 0 Å². The Kier molecular flexibility index (Phi) is 1.86. The van der Waals surface area contributed by atoms with E-state index in [2.05, 4.69) is 4.98 Å². The Morgan fingerprint density at radius 1 is 1.75 bits per heavy atom. The summed E-state index contributed by atoms with van der Waals surface area (Å²) in [5.74, 6) is 0.549. The highest BCUT2D eigenvalue weighted by molar-refractivity contribution is 6.17. The molecule has 0 bridgehead atoms. The van der Waals surface area contributed by atoms with Crippen molar-refractivity contribution in [3.63, 3.8) is 0 Å². The van der Waals surface area contributed by atoms with Crippen LogP contribution in [0.4, 0.5) is 0 Å². The Morgan fingerprint density at radius 3 is 3.00 bits per heavy atom. The van der Waals surface area contributed by atoms with E-state index in [4.69, 9.17) is 11.6 Å². The third-order valence-electron chi connectivity index (χ3n) is 0.877. The van der Waals surface area contributed by atoms with Gasteiger partial charge < -0.3 is 0 Å². The van der Waals surface area contributed by atoms with E-state index in [9.17, 15) is 0 Å². The molecule has 0 fully saturated rings. The smallest absolute Gasteiger partial charge is 0.264 e. The molecule has 0 aliphatic carbocycles. The summed E-state index contributed by atoms with van der Waals surface area (Å²) in [5, 5.41) is 0. The van der Waals surface area contributed by atoms with Crippen molar-refractivity contribution in [3.8, 4) is 0 Å². The number of nitrogens with zero attached hydrogens (tertiary/aromatic N) is 1. The van der Waals surface area contributed by atoms with Gasteiger partial charge in [-0.2, -0.15) is 0 Å². The van der Waals surface area contributed by atoms with Crippen LogP contribution in [0.3, 0.4) is 0 Å². The van der Waals surface area contributed by atoms with Gasteiger partial charge in [-0.05, 0) is 11.6 Å². The Bertz CT molecular complexity index is 154. The summed E-state index contributed by atoms with van der Waals surface area (Å²) in [4.78, 5) is 3.87. The van der Waals surface area contributed by atoms with E-state index in [1.165, 1.54) is 0 Å². The number of pyridine rings is 1. The first-order chi connectivity index (χ1) is 3.93. The molecule has 0 N–H and O–H groups in total. The highest BCUT2D eigenvalue weighted by Gasteiger charge is 1.82. The maximum Gasteiger partial charge on any atom is 1.00 e. The topological polar surface area (TPSA) is 12.9 Å². The molecule has 1 nitrogen and oxygen atoms in total. The molecule has 0 aliphatic heterocycles. The van der Waals surface area contributed by atoms with Crippen molar-refractivity contribution in [2.24, 2.45) is 0 Å². The molecule has 42 valence electrons. The van der Waals surface area contributed by atoms with Crippen LogP contribution >= 0.6 is 11.6 Å². The summed E-state index contributed by atoms with van der Waals surface area (Å²) in [6.07, 6.45) is 3.49. The van der Waals surface area contributed by atoms with Gasteiger partial charge in [-0.3, -0.25) is 4.98 Å². The zero-order chi connectivity index (χ0) is 5.82. The van der Waals surface area contributed by atoms with Crippen LogP contribution in [-0.4, -0.2) is 4.98 Å². The lowest BCUT2D eigenvalue weighted by molar-refractivity contribution is 1.25. The van der Waals surface area contributed by atoms with E-state index in [1.54, 1.807) is 12.4 Å². The van der Waals surface area contributed by atoms with Gasteiger partial charge in [0.25, 0.3) is 0 Å². The van der Waals surface area contributed by atoms with E-state index in [-0.39, 0.29) is 1.43 Å². The highest BCUT2D eigenvalue weighted by Crippen LogP contribution is 1.98. The minimum Gasteiger partial charge on any atom is -0.264 e. The second-order valence-corrected chi connectivity index (χ2v) is 1.76. The molecule has 0 unspecified atom stereocenters. The Morgan fingerprint density at radius 2 is 2.62 bits per heavy atom. The number of alkyl halides is 1. The molecule has 8 heavy (non-hydrogen) atoms. The third kappa shape index (κ3) is 1.20. The lowest BCUT2D eigenvalue weighted by atomic mass is 10.3. The summed E-state index contributed by atoms with van der Waals surface area (Å²) in [6, 6.07) is 3.82. The Hall–Kier alpha value is -0.560. The van der Waals surface area contributed by atoms with Crippen molar-refractivity contribution >= 4 is 11.6 Å². The standard InChI is InChI=1S/C6H6ClN/c7-4-6-2-1-3-8-5-6/h1-3,5H,4H2/p+1. The fraction of sp³-hybridized carbons (Fsp3) is 0.167. The van der Waals surface area contributed by atoms with Crippen LogP contribution in [0.1, 0.15) is 6.99 Å². The second kappa shape index (κ2) is 2.68. The average molecular weight is 129 g/mol. The summed E-state index contributed by atoms with van der Waals surface area (Å²) < 4.78 is 0. The molecule has 0 aromatic carbocycles. The number of hydrogen-bond donors (Lipinski definition) is 0. The fourth-order valence-electron chi connectivity index (χ4n) is 0.477. The van der Waals surface area contributed by atoms with Crippen LogP contribution in [0.25, 0.3) is 0 Å². The largest absolute Gasteiger partial charge is 1.00 e. The van der Waals surface area contributed by atoms with E-state index in [0.29, 0.717) is 5.88 Å². The molecule has 0 aliphatic rings. The molecule has 0 amide bonds. The molecule has 1 heterocycles. The number of hydrogen-bond acceptors (Lipinski definition) is 1. The fourth-order valence-corrected chi connectivity index (χ4v) is 0.635. The van der Waals surface area contributed by atoms with Crippen molar-refractivity contribution in [3.05, 3.63) is 30.1 Å². The average Bonchev–Trinajstić information content (AvgIpc) is 1.90. The molecule has 0 atom stereocenters. The molecule has 0 spiro atoms. The second-order valence-electron chi connectivity index (χ2n) is 1.49. The van der Waals surface area contributed by atoms with Crippen molar-refractivity contribution in [1.29, 1.82) is 0 Å². The van der Waals surface area contributed by atoms with Gasteiger partial charge in [0.1, 0.15) is 0 Å². The molecule has 1 rings (SSSR count). The first-order valence-corrected chi connectivity index (χ1v) is 2.92. The first-order valence-electron chi connectivity index (χ1n) is 2.38. The van der Waals surface area contributed by atoms with Gasteiger partial charge in [-0.1, -0.05) is 6.07 Å². The first kappa shape index (κ1) is 5.57. The zero-order valence-corrected chi connectivity index (χ0v) is 5.10. The van der Waals surface area contributed by atoms with Gasteiger partial charge in [-0.15, -0.1) is 11.6 Å². The maximum absolute atomic E-state index is 5.49. The van der Waals surface area contributed by atoms with E-state index in [0.717, 1.165) is 5.56 Å².